The molecule has 6 nitrogen and oxygen atoms in total. The number of fused-ring (bicyclic) bond motifs is 3. The summed E-state index contributed by atoms with van der Waals surface area (Å²) in [5.41, 5.74) is 2.67. The van der Waals surface area contributed by atoms with Gasteiger partial charge in [0.1, 0.15) is 23.0 Å². The van der Waals surface area contributed by atoms with E-state index in [2.05, 4.69) is 0 Å². The summed E-state index contributed by atoms with van der Waals surface area (Å²) >= 11 is 0. The molecular formula is C26H20O6. The van der Waals surface area contributed by atoms with Crippen LogP contribution in [-0.4, -0.2) is 26.0 Å². The summed E-state index contributed by atoms with van der Waals surface area (Å²) in [7, 11) is 3.16. The second-order valence-electron chi connectivity index (χ2n) is 7.51. The molecule has 5 rings (SSSR count). The Bertz CT molecular complexity index is 1270. The van der Waals surface area contributed by atoms with Crippen LogP contribution in [0.25, 0.3) is 6.08 Å². The van der Waals surface area contributed by atoms with Crippen molar-refractivity contribution in [1.29, 1.82) is 0 Å². The van der Waals surface area contributed by atoms with Gasteiger partial charge in [-0.3, -0.25) is 9.59 Å². The first kappa shape index (κ1) is 19.9. The Morgan fingerprint density at radius 2 is 1.59 bits per heavy atom. The van der Waals surface area contributed by atoms with Crippen LogP contribution in [0.3, 0.4) is 0 Å². The van der Waals surface area contributed by atoms with Gasteiger partial charge in [-0.15, -0.1) is 0 Å². The van der Waals surface area contributed by atoms with Crippen LogP contribution in [0.1, 0.15) is 39.4 Å². The number of carbonyl (C=O) groups is 2. The Morgan fingerprint density at radius 3 is 2.38 bits per heavy atom. The van der Waals surface area contributed by atoms with Crippen molar-refractivity contribution in [2.45, 2.75) is 12.3 Å². The van der Waals surface area contributed by atoms with Crippen LogP contribution in [0.5, 0.6) is 23.0 Å². The highest BCUT2D eigenvalue weighted by atomic mass is 16.5. The van der Waals surface area contributed by atoms with E-state index in [-0.39, 0.29) is 29.9 Å². The Morgan fingerprint density at radius 1 is 0.875 bits per heavy atom. The van der Waals surface area contributed by atoms with Crippen molar-refractivity contribution in [3.63, 3.8) is 0 Å². The van der Waals surface area contributed by atoms with Crippen molar-refractivity contribution in [3.8, 4) is 23.0 Å². The summed E-state index contributed by atoms with van der Waals surface area (Å²) in [4.78, 5) is 25.5. The molecule has 0 aliphatic carbocycles. The standard InChI is InChI=1S/C26H20O6/c1-29-19-9-5-3-7-15(19)13-22-25(28)17-11-12-21-24(26(17)32-22)18(14-23(27)31-21)16-8-4-6-10-20(16)30-2/h3-13,18H,14H2,1-2H3/b22-13-. The van der Waals surface area contributed by atoms with Gasteiger partial charge in [0.25, 0.3) is 0 Å². The maximum atomic E-state index is 13.2. The number of esters is 1. The topological polar surface area (TPSA) is 71.1 Å². The molecule has 3 aromatic carbocycles. The monoisotopic (exact) mass is 428 g/mol. The molecule has 0 fully saturated rings. The first-order valence-corrected chi connectivity index (χ1v) is 10.2. The van der Waals surface area contributed by atoms with Gasteiger partial charge in [-0.1, -0.05) is 36.4 Å². The molecule has 0 radical (unpaired) electrons. The normalized spacial score (nSPS) is 17.9. The number of methoxy groups -OCH3 is 2. The van der Waals surface area contributed by atoms with Gasteiger partial charge in [0.15, 0.2) is 5.76 Å². The lowest BCUT2D eigenvalue weighted by atomic mass is 9.84. The van der Waals surface area contributed by atoms with Gasteiger partial charge in [0.2, 0.25) is 5.78 Å². The molecule has 32 heavy (non-hydrogen) atoms. The SMILES string of the molecule is COc1ccccc1/C=C1\Oc2c(ccc3c2C(c2ccccc2OC)CC(=O)O3)C1=O. The van der Waals surface area contributed by atoms with Gasteiger partial charge in [-0.25, -0.2) is 0 Å². The van der Waals surface area contributed by atoms with E-state index < -0.39 is 0 Å². The highest BCUT2D eigenvalue weighted by Gasteiger charge is 2.39. The molecule has 0 bridgehead atoms. The summed E-state index contributed by atoms with van der Waals surface area (Å²) in [5, 5.41) is 0. The fraction of sp³-hybridized carbons (Fsp3) is 0.154. The van der Waals surface area contributed by atoms with Crippen LogP contribution in [0.4, 0.5) is 0 Å². The lowest BCUT2D eigenvalue weighted by Crippen LogP contribution is -2.22. The van der Waals surface area contributed by atoms with Crippen molar-refractivity contribution in [3.05, 3.63) is 88.7 Å². The van der Waals surface area contributed by atoms with E-state index in [1.54, 1.807) is 32.4 Å². The Kier molecular flexibility index (Phi) is 4.90. The van der Waals surface area contributed by atoms with E-state index in [1.165, 1.54) is 0 Å². The highest BCUT2D eigenvalue weighted by Crippen LogP contribution is 2.50. The fourth-order valence-electron chi connectivity index (χ4n) is 4.25. The molecular weight excluding hydrogens is 408 g/mol. The fourth-order valence-corrected chi connectivity index (χ4v) is 4.25. The first-order chi connectivity index (χ1) is 15.6. The average molecular weight is 428 g/mol. The number of para-hydroxylation sites is 2. The van der Waals surface area contributed by atoms with Crippen molar-refractivity contribution in [1.82, 2.24) is 0 Å². The first-order valence-electron chi connectivity index (χ1n) is 10.2. The predicted molar refractivity (Wildman–Crippen MR) is 117 cm³/mol. The summed E-state index contributed by atoms with van der Waals surface area (Å²) in [6.07, 6.45) is 1.79. The van der Waals surface area contributed by atoms with Gasteiger partial charge in [0.05, 0.1) is 26.2 Å². The quantitative estimate of drug-likeness (QED) is 0.339. The minimum Gasteiger partial charge on any atom is -0.496 e. The lowest BCUT2D eigenvalue weighted by Gasteiger charge is -2.27. The highest BCUT2D eigenvalue weighted by molar-refractivity contribution is 6.15. The predicted octanol–water partition coefficient (Wildman–Crippen LogP) is 4.76. The van der Waals surface area contributed by atoms with Crippen molar-refractivity contribution in [2.75, 3.05) is 14.2 Å². The zero-order chi connectivity index (χ0) is 22.2. The molecule has 0 spiro atoms. The number of Topliss-reactive ketones (excluding diaryl/α,β-unsaturated/α-hetero) is 1. The summed E-state index contributed by atoms with van der Waals surface area (Å²) in [6.45, 7) is 0. The van der Waals surface area contributed by atoms with Crippen LogP contribution >= 0.6 is 0 Å². The third-order valence-electron chi connectivity index (χ3n) is 5.72. The number of hydrogen-bond acceptors (Lipinski definition) is 6. The van der Waals surface area contributed by atoms with Crippen LogP contribution in [0.15, 0.2) is 66.4 Å². The molecule has 0 saturated carbocycles. The van der Waals surface area contributed by atoms with E-state index in [0.717, 1.165) is 11.1 Å². The van der Waals surface area contributed by atoms with Gasteiger partial charge in [0, 0.05) is 22.6 Å². The molecule has 2 heterocycles. The van der Waals surface area contributed by atoms with Crippen LogP contribution in [0.2, 0.25) is 0 Å². The molecule has 1 unspecified atom stereocenters. The molecule has 1 atom stereocenters. The Hall–Kier alpha value is -4.06. The second kappa shape index (κ2) is 7.89. The number of ketones is 1. The maximum Gasteiger partial charge on any atom is 0.312 e. The van der Waals surface area contributed by atoms with Gasteiger partial charge in [-0.2, -0.15) is 0 Å². The van der Waals surface area contributed by atoms with Crippen molar-refractivity contribution >= 4 is 17.8 Å². The number of rotatable bonds is 4. The zero-order valence-electron chi connectivity index (χ0n) is 17.6. The number of hydrogen-bond donors (Lipinski definition) is 0. The molecule has 3 aromatic rings. The molecule has 2 aliphatic rings. The third kappa shape index (κ3) is 3.21. The van der Waals surface area contributed by atoms with E-state index in [4.69, 9.17) is 18.9 Å². The van der Waals surface area contributed by atoms with Gasteiger partial charge in [-0.05, 0) is 30.3 Å². The van der Waals surface area contributed by atoms with Crippen LogP contribution in [0, 0.1) is 0 Å². The minimum absolute atomic E-state index is 0.118. The van der Waals surface area contributed by atoms with E-state index >= 15 is 0 Å². The molecule has 0 saturated heterocycles. The molecule has 160 valence electrons. The number of allylic oxidation sites excluding steroid dienone is 1. The molecule has 0 amide bonds. The third-order valence-corrected chi connectivity index (χ3v) is 5.72. The van der Waals surface area contributed by atoms with Crippen LogP contribution < -0.4 is 18.9 Å². The van der Waals surface area contributed by atoms with E-state index in [0.29, 0.717) is 34.1 Å². The summed E-state index contributed by atoms with van der Waals surface area (Å²) in [5.74, 6) is 1.34. The molecule has 0 aromatic heterocycles. The molecule has 6 heteroatoms. The Balaban J connectivity index is 1.64. The largest absolute Gasteiger partial charge is 0.496 e. The number of carbonyl (C=O) groups excluding carboxylic acids is 2. The van der Waals surface area contributed by atoms with Crippen LogP contribution in [-0.2, 0) is 4.79 Å². The van der Waals surface area contributed by atoms with E-state index in [9.17, 15) is 9.59 Å². The minimum atomic E-state index is -0.365. The van der Waals surface area contributed by atoms with Crippen molar-refractivity contribution in [2.24, 2.45) is 0 Å². The smallest absolute Gasteiger partial charge is 0.312 e. The van der Waals surface area contributed by atoms with Gasteiger partial charge < -0.3 is 18.9 Å². The average Bonchev–Trinajstić information content (AvgIpc) is 3.13. The second-order valence-corrected chi connectivity index (χ2v) is 7.51. The lowest BCUT2D eigenvalue weighted by molar-refractivity contribution is -0.135. The number of ether oxygens (including phenoxy) is 4. The number of benzene rings is 3. The van der Waals surface area contributed by atoms with E-state index in [1.807, 2.05) is 48.5 Å². The summed E-state index contributed by atoms with van der Waals surface area (Å²) in [6, 6.07) is 18.2. The maximum absolute atomic E-state index is 13.2. The zero-order valence-corrected chi connectivity index (χ0v) is 17.6. The molecule has 0 N–H and O–H groups in total. The molecule has 2 aliphatic heterocycles. The summed E-state index contributed by atoms with van der Waals surface area (Å²) < 4.78 is 22.5. The van der Waals surface area contributed by atoms with Crippen molar-refractivity contribution < 1.29 is 28.5 Å². The Labute approximate surface area is 185 Å². The van der Waals surface area contributed by atoms with Gasteiger partial charge >= 0.3 is 5.97 Å².